The Labute approximate surface area is 147 Å². The normalized spacial score (nSPS) is 17.2. The molecule has 0 radical (unpaired) electrons. The number of carbonyl (C=O) groups is 1. The number of anilines is 1. The summed E-state index contributed by atoms with van der Waals surface area (Å²) in [7, 11) is -0.935. The Kier molecular flexibility index (Phi) is 7.71. The molecule has 1 aliphatic rings. The average Bonchev–Trinajstić information content (AvgIpc) is 2.47. The van der Waals surface area contributed by atoms with E-state index in [0.29, 0.717) is 5.75 Å². The van der Waals surface area contributed by atoms with Gasteiger partial charge in [-0.15, -0.1) is 12.4 Å². The van der Waals surface area contributed by atoms with Crippen LogP contribution in [0.1, 0.15) is 39.2 Å². The number of halogens is 1. The first-order valence-corrected chi connectivity index (χ1v) is 9.17. The summed E-state index contributed by atoms with van der Waals surface area (Å²) < 4.78 is 12.0. The zero-order chi connectivity index (χ0) is 16.2. The molecule has 1 atom stereocenters. The van der Waals surface area contributed by atoms with Crippen molar-refractivity contribution in [1.82, 2.24) is 5.32 Å². The van der Waals surface area contributed by atoms with Gasteiger partial charge in [-0.1, -0.05) is 12.1 Å². The highest BCUT2D eigenvalue weighted by Crippen LogP contribution is 2.20. The van der Waals surface area contributed by atoms with E-state index in [9.17, 15) is 9.00 Å². The third kappa shape index (κ3) is 6.24. The number of hydrogen-bond acceptors (Lipinski definition) is 3. The van der Waals surface area contributed by atoms with E-state index in [-0.39, 0.29) is 29.0 Å². The number of carbonyl (C=O) groups excluding carboxylic acids is 1. The first kappa shape index (κ1) is 20.1. The summed E-state index contributed by atoms with van der Waals surface area (Å²) in [6.45, 7) is 7.74. The summed E-state index contributed by atoms with van der Waals surface area (Å²) in [5.41, 5.74) is 1.79. The number of hydrogen-bond donors (Lipinski definition) is 2. The second-order valence-corrected chi connectivity index (χ2v) is 9.02. The van der Waals surface area contributed by atoms with E-state index in [2.05, 4.69) is 10.6 Å². The van der Waals surface area contributed by atoms with Crippen LogP contribution in [0.5, 0.6) is 0 Å². The maximum Gasteiger partial charge on any atom is 0.227 e. The molecule has 0 aliphatic carbocycles. The number of amides is 1. The van der Waals surface area contributed by atoms with Crippen LogP contribution in [0.4, 0.5) is 5.69 Å². The van der Waals surface area contributed by atoms with Crippen LogP contribution in [0.3, 0.4) is 0 Å². The van der Waals surface area contributed by atoms with E-state index >= 15 is 0 Å². The van der Waals surface area contributed by atoms with Crippen LogP contribution in [-0.4, -0.2) is 28.0 Å². The lowest BCUT2D eigenvalue weighted by Crippen LogP contribution is -2.34. The van der Waals surface area contributed by atoms with Crippen molar-refractivity contribution in [3.8, 4) is 0 Å². The molecular formula is C17H27ClN2O2S. The van der Waals surface area contributed by atoms with Crippen LogP contribution in [0, 0.1) is 5.92 Å². The molecule has 0 bridgehead atoms. The Hall–Kier alpha value is -0.910. The largest absolute Gasteiger partial charge is 0.326 e. The van der Waals surface area contributed by atoms with Gasteiger partial charge in [0.15, 0.2) is 0 Å². The lowest BCUT2D eigenvalue weighted by molar-refractivity contribution is -0.120. The van der Waals surface area contributed by atoms with Gasteiger partial charge in [0.25, 0.3) is 0 Å². The third-order valence-electron chi connectivity index (χ3n) is 3.89. The molecule has 0 aromatic heterocycles. The molecule has 2 rings (SSSR count). The molecule has 1 heterocycles. The molecule has 130 valence electrons. The number of benzene rings is 1. The fourth-order valence-electron chi connectivity index (χ4n) is 2.44. The van der Waals surface area contributed by atoms with Gasteiger partial charge in [0, 0.05) is 32.9 Å². The lowest BCUT2D eigenvalue weighted by Gasteiger charge is -2.22. The van der Waals surface area contributed by atoms with Gasteiger partial charge in [-0.25, -0.2) is 0 Å². The van der Waals surface area contributed by atoms with Gasteiger partial charge in [0.2, 0.25) is 5.91 Å². The van der Waals surface area contributed by atoms with Crippen LogP contribution in [0.15, 0.2) is 24.3 Å². The molecule has 4 nitrogen and oxygen atoms in total. The topological polar surface area (TPSA) is 58.2 Å². The number of nitrogens with one attached hydrogen (secondary N) is 2. The maximum atomic E-state index is 12.3. The summed E-state index contributed by atoms with van der Waals surface area (Å²) in [4.78, 5) is 12.3. The number of piperidine rings is 1. The van der Waals surface area contributed by atoms with Gasteiger partial charge < -0.3 is 10.6 Å². The highest BCUT2D eigenvalue weighted by molar-refractivity contribution is 7.85. The van der Waals surface area contributed by atoms with Gasteiger partial charge in [-0.3, -0.25) is 9.00 Å². The van der Waals surface area contributed by atoms with E-state index in [1.54, 1.807) is 0 Å². The van der Waals surface area contributed by atoms with Gasteiger partial charge in [-0.05, 0) is 64.4 Å². The minimum absolute atomic E-state index is 0. The summed E-state index contributed by atoms with van der Waals surface area (Å²) in [5, 5.41) is 6.26. The van der Waals surface area contributed by atoms with Crippen LogP contribution in [0.2, 0.25) is 0 Å². The van der Waals surface area contributed by atoms with Crippen molar-refractivity contribution >= 4 is 34.8 Å². The van der Waals surface area contributed by atoms with E-state index in [1.165, 1.54) is 0 Å². The second-order valence-electron chi connectivity index (χ2n) is 6.82. The molecule has 1 aromatic carbocycles. The number of rotatable bonds is 4. The van der Waals surface area contributed by atoms with Crippen molar-refractivity contribution in [3.05, 3.63) is 29.8 Å². The molecule has 2 N–H and O–H groups in total. The molecule has 1 fully saturated rings. The first-order valence-electron chi connectivity index (χ1n) is 7.85. The van der Waals surface area contributed by atoms with Gasteiger partial charge in [0.1, 0.15) is 0 Å². The Balaban J connectivity index is 0.00000264. The predicted molar refractivity (Wildman–Crippen MR) is 99.5 cm³/mol. The lowest BCUT2D eigenvalue weighted by atomic mass is 9.97. The Morgan fingerprint density at radius 2 is 1.96 bits per heavy atom. The van der Waals surface area contributed by atoms with Crippen molar-refractivity contribution in [2.45, 2.75) is 44.1 Å². The van der Waals surface area contributed by atoms with E-state index in [4.69, 9.17) is 0 Å². The molecule has 23 heavy (non-hydrogen) atoms. The first-order chi connectivity index (χ1) is 10.4. The molecule has 0 spiro atoms. The highest BCUT2D eigenvalue weighted by atomic mass is 35.5. The molecule has 1 unspecified atom stereocenters. The predicted octanol–water partition coefficient (Wildman–Crippen LogP) is 3.09. The van der Waals surface area contributed by atoms with E-state index < -0.39 is 10.8 Å². The summed E-state index contributed by atoms with van der Waals surface area (Å²) in [6.07, 6.45) is 1.78. The second kappa shape index (κ2) is 8.81. The van der Waals surface area contributed by atoms with Crippen LogP contribution in [0.25, 0.3) is 0 Å². The van der Waals surface area contributed by atoms with Crippen LogP contribution in [-0.2, 0) is 21.3 Å². The molecule has 1 aliphatic heterocycles. The van der Waals surface area contributed by atoms with Crippen molar-refractivity contribution < 1.29 is 9.00 Å². The Morgan fingerprint density at radius 1 is 1.30 bits per heavy atom. The maximum absolute atomic E-state index is 12.3. The van der Waals surface area contributed by atoms with Crippen LogP contribution < -0.4 is 10.6 Å². The average molecular weight is 359 g/mol. The molecule has 0 saturated carbocycles. The monoisotopic (exact) mass is 358 g/mol. The van der Waals surface area contributed by atoms with E-state index in [1.807, 2.05) is 45.0 Å². The fraction of sp³-hybridized carbons (Fsp3) is 0.588. The molecule has 1 saturated heterocycles. The van der Waals surface area contributed by atoms with Crippen LogP contribution >= 0.6 is 12.4 Å². The highest BCUT2D eigenvalue weighted by Gasteiger charge is 2.22. The fourth-order valence-corrected chi connectivity index (χ4v) is 3.35. The summed E-state index contributed by atoms with van der Waals surface area (Å²) in [6, 6.07) is 7.70. The Bertz CT molecular complexity index is 552. The van der Waals surface area contributed by atoms with Gasteiger partial charge >= 0.3 is 0 Å². The van der Waals surface area contributed by atoms with Crippen molar-refractivity contribution in [2.75, 3.05) is 18.4 Å². The molecule has 6 heteroatoms. The Morgan fingerprint density at radius 3 is 2.57 bits per heavy atom. The summed E-state index contributed by atoms with van der Waals surface area (Å²) in [5.74, 6) is 0.699. The quantitative estimate of drug-likeness (QED) is 0.869. The van der Waals surface area contributed by atoms with Gasteiger partial charge in [-0.2, -0.15) is 0 Å². The van der Waals surface area contributed by atoms with Crippen molar-refractivity contribution in [1.29, 1.82) is 0 Å². The summed E-state index contributed by atoms with van der Waals surface area (Å²) >= 11 is 0. The SMILES string of the molecule is CC(C)(C)S(=O)Cc1cccc(NC(=O)C2CCNCC2)c1.Cl. The van der Waals surface area contributed by atoms with Gasteiger partial charge in [0.05, 0.1) is 0 Å². The molecule has 1 aromatic rings. The zero-order valence-electron chi connectivity index (χ0n) is 14.1. The minimum Gasteiger partial charge on any atom is -0.326 e. The van der Waals surface area contributed by atoms with Crippen molar-refractivity contribution in [3.63, 3.8) is 0 Å². The van der Waals surface area contributed by atoms with E-state index in [0.717, 1.165) is 37.2 Å². The molecular weight excluding hydrogens is 332 g/mol. The smallest absolute Gasteiger partial charge is 0.227 e. The minimum atomic E-state index is -0.935. The standard InChI is InChI=1S/C17H26N2O2S.ClH/c1-17(2,3)22(21)12-13-5-4-6-15(11-13)19-16(20)14-7-9-18-10-8-14;/h4-6,11,14,18H,7-10,12H2,1-3H3,(H,19,20);1H. The molecule has 1 amide bonds. The van der Waals surface area contributed by atoms with Crippen molar-refractivity contribution in [2.24, 2.45) is 5.92 Å². The third-order valence-corrected chi connectivity index (χ3v) is 5.85. The zero-order valence-corrected chi connectivity index (χ0v) is 15.7.